The summed E-state index contributed by atoms with van der Waals surface area (Å²) in [5.74, 6) is -0.497. The van der Waals surface area contributed by atoms with E-state index in [2.05, 4.69) is 0 Å². The second-order valence-corrected chi connectivity index (χ2v) is 6.26. The van der Waals surface area contributed by atoms with E-state index in [-0.39, 0.29) is 5.78 Å². The van der Waals surface area contributed by atoms with E-state index in [0.29, 0.717) is 34.3 Å². The van der Waals surface area contributed by atoms with E-state index in [1.165, 1.54) is 4.90 Å². The molecule has 2 aromatic rings. The largest absolute Gasteiger partial charge is 0.329 e. The van der Waals surface area contributed by atoms with Crippen molar-refractivity contribution in [2.75, 3.05) is 11.4 Å². The zero-order valence-electron chi connectivity index (χ0n) is 12.9. The Kier molecular flexibility index (Phi) is 4.64. The SMILES string of the molecule is N#CC(=O)N(CC1CC1)c1ccc(Cl)cc1C(=O)c1ccccc1. The summed E-state index contributed by atoms with van der Waals surface area (Å²) in [6, 6.07) is 15.3. The lowest BCUT2D eigenvalue weighted by atomic mass is 10.0. The van der Waals surface area contributed by atoms with Gasteiger partial charge < -0.3 is 0 Å². The van der Waals surface area contributed by atoms with Crippen LogP contribution < -0.4 is 4.90 Å². The highest BCUT2D eigenvalue weighted by molar-refractivity contribution is 6.31. The third-order valence-corrected chi connectivity index (χ3v) is 4.24. The predicted molar refractivity (Wildman–Crippen MR) is 92.0 cm³/mol. The lowest BCUT2D eigenvalue weighted by Gasteiger charge is -2.22. The Balaban J connectivity index is 2.05. The molecule has 1 saturated carbocycles. The topological polar surface area (TPSA) is 61.2 Å². The maximum absolute atomic E-state index is 12.9. The Morgan fingerprint density at radius 1 is 1.17 bits per heavy atom. The van der Waals surface area contributed by atoms with Crippen LogP contribution in [0.1, 0.15) is 28.8 Å². The summed E-state index contributed by atoms with van der Waals surface area (Å²) in [5, 5.41) is 9.46. The lowest BCUT2D eigenvalue weighted by Crippen LogP contribution is -2.33. The van der Waals surface area contributed by atoms with Crippen molar-refractivity contribution < 1.29 is 9.59 Å². The van der Waals surface area contributed by atoms with Crippen LogP contribution in [0.5, 0.6) is 0 Å². The van der Waals surface area contributed by atoms with Crippen molar-refractivity contribution in [3.05, 3.63) is 64.7 Å². The third kappa shape index (κ3) is 3.47. The summed E-state index contributed by atoms with van der Waals surface area (Å²) in [6.45, 7) is 0.448. The van der Waals surface area contributed by atoms with Gasteiger partial charge in [0.15, 0.2) is 11.9 Å². The Labute approximate surface area is 145 Å². The standard InChI is InChI=1S/C19H15ClN2O2/c20-15-8-9-17(22(18(23)11-21)12-13-6-7-13)16(10-15)19(24)14-4-2-1-3-5-14/h1-5,8-10,13H,6-7,12H2. The molecule has 0 heterocycles. The van der Waals surface area contributed by atoms with Crippen LogP contribution in [0, 0.1) is 17.2 Å². The van der Waals surface area contributed by atoms with Gasteiger partial charge in [0.2, 0.25) is 0 Å². The first-order valence-corrected chi connectivity index (χ1v) is 8.09. The van der Waals surface area contributed by atoms with Crippen molar-refractivity contribution in [3.63, 3.8) is 0 Å². The van der Waals surface area contributed by atoms with Gasteiger partial charge in [0.1, 0.15) is 0 Å². The van der Waals surface area contributed by atoms with Gasteiger partial charge in [-0.15, -0.1) is 0 Å². The van der Waals surface area contributed by atoms with E-state index in [1.54, 1.807) is 48.5 Å². The number of carbonyl (C=O) groups excluding carboxylic acids is 2. The molecule has 4 nitrogen and oxygen atoms in total. The van der Waals surface area contributed by atoms with Crippen LogP contribution in [-0.4, -0.2) is 18.2 Å². The van der Waals surface area contributed by atoms with Gasteiger partial charge in [-0.25, -0.2) is 0 Å². The average Bonchev–Trinajstić information content (AvgIpc) is 3.43. The summed E-state index contributed by atoms with van der Waals surface area (Å²) in [6.07, 6.45) is 2.07. The molecule has 5 heteroatoms. The number of anilines is 1. The summed E-state index contributed by atoms with van der Waals surface area (Å²) in [5.41, 5.74) is 1.28. The van der Waals surface area contributed by atoms with Gasteiger partial charge in [-0.3, -0.25) is 14.5 Å². The molecule has 1 amide bonds. The van der Waals surface area contributed by atoms with Gasteiger partial charge in [0, 0.05) is 22.7 Å². The van der Waals surface area contributed by atoms with Crippen molar-refractivity contribution >= 4 is 29.0 Å². The second kappa shape index (κ2) is 6.86. The average molecular weight is 339 g/mol. The van der Waals surface area contributed by atoms with Crippen LogP contribution >= 0.6 is 11.6 Å². The molecule has 2 aromatic carbocycles. The molecule has 120 valence electrons. The minimum atomic E-state index is -0.661. The van der Waals surface area contributed by atoms with E-state index in [1.807, 2.05) is 6.07 Å². The minimum absolute atomic E-state index is 0.223. The molecule has 24 heavy (non-hydrogen) atoms. The summed E-state index contributed by atoms with van der Waals surface area (Å²) in [4.78, 5) is 26.3. The second-order valence-electron chi connectivity index (χ2n) is 5.83. The lowest BCUT2D eigenvalue weighted by molar-refractivity contribution is -0.113. The quantitative estimate of drug-likeness (QED) is 0.614. The Morgan fingerprint density at radius 2 is 1.88 bits per heavy atom. The van der Waals surface area contributed by atoms with Gasteiger partial charge in [-0.2, -0.15) is 5.26 Å². The molecule has 1 aliphatic rings. The Hall–Kier alpha value is -2.64. The van der Waals surface area contributed by atoms with Gasteiger partial charge in [-0.05, 0) is 37.0 Å². The number of halogens is 1. The molecule has 0 saturated heterocycles. The predicted octanol–water partition coefficient (Wildman–Crippen LogP) is 3.84. The molecule has 1 fully saturated rings. The Bertz CT molecular complexity index is 823. The van der Waals surface area contributed by atoms with Crippen LogP contribution in [0.4, 0.5) is 5.69 Å². The fraction of sp³-hybridized carbons (Fsp3) is 0.211. The number of benzene rings is 2. The number of nitriles is 1. The smallest absolute Gasteiger partial charge is 0.299 e. The van der Waals surface area contributed by atoms with Gasteiger partial charge in [0.05, 0.1) is 5.69 Å². The molecule has 0 bridgehead atoms. The zero-order chi connectivity index (χ0) is 17.1. The molecule has 3 rings (SSSR count). The highest BCUT2D eigenvalue weighted by atomic mass is 35.5. The fourth-order valence-electron chi connectivity index (χ4n) is 2.58. The van der Waals surface area contributed by atoms with E-state index >= 15 is 0 Å². The summed E-state index contributed by atoms with van der Waals surface area (Å²) >= 11 is 6.06. The maximum Gasteiger partial charge on any atom is 0.329 e. The molecular weight excluding hydrogens is 324 g/mol. The van der Waals surface area contributed by atoms with Gasteiger partial charge >= 0.3 is 5.91 Å². The third-order valence-electron chi connectivity index (χ3n) is 4.01. The van der Waals surface area contributed by atoms with Gasteiger partial charge in [-0.1, -0.05) is 41.9 Å². The monoisotopic (exact) mass is 338 g/mol. The molecule has 0 aromatic heterocycles. The van der Waals surface area contributed by atoms with Crippen molar-refractivity contribution in [2.24, 2.45) is 5.92 Å². The molecular formula is C19H15ClN2O2. The highest BCUT2D eigenvalue weighted by Crippen LogP contribution is 2.34. The van der Waals surface area contributed by atoms with Crippen molar-refractivity contribution in [1.29, 1.82) is 5.26 Å². The number of hydrogen-bond donors (Lipinski definition) is 0. The molecule has 0 unspecified atom stereocenters. The first-order valence-electron chi connectivity index (χ1n) is 7.71. The highest BCUT2D eigenvalue weighted by Gasteiger charge is 2.30. The van der Waals surface area contributed by atoms with E-state index < -0.39 is 5.91 Å². The van der Waals surface area contributed by atoms with Crippen LogP contribution in [0.2, 0.25) is 5.02 Å². The molecule has 0 atom stereocenters. The normalized spacial score (nSPS) is 13.2. The maximum atomic E-state index is 12.9. The van der Waals surface area contributed by atoms with Crippen LogP contribution in [0.15, 0.2) is 48.5 Å². The molecule has 0 N–H and O–H groups in total. The minimum Gasteiger partial charge on any atom is -0.299 e. The molecule has 0 spiro atoms. The van der Waals surface area contributed by atoms with Crippen molar-refractivity contribution in [1.82, 2.24) is 0 Å². The number of nitrogens with zero attached hydrogens (tertiary/aromatic N) is 2. The zero-order valence-corrected chi connectivity index (χ0v) is 13.7. The number of amides is 1. The molecule has 0 radical (unpaired) electrons. The summed E-state index contributed by atoms with van der Waals surface area (Å²) < 4.78 is 0. The van der Waals surface area contributed by atoms with E-state index in [0.717, 1.165) is 12.8 Å². The van der Waals surface area contributed by atoms with E-state index in [4.69, 9.17) is 16.9 Å². The fourth-order valence-corrected chi connectivity index (χ4v) is 2.75. The number of hydrogen-bond acceptors (Lipinski definition) is 3. The van der Waals surface area contributed by atoms with Crippen molar-refractivity contribution in [2.45, 2.75) is 12.8 Å². The summed E-state index contributed by atoms with van der Waals surface area (Å²) in [7, 11) is 0. The molecule has 1 aliphatic carbocycles. The Morgan fingerprint density at radius 3 is 2.50 bits per heavy atom. The first kappa shape index (κ1) is 16.2. The number of carbonyl (C=O) groups is 2. The van der Waals surface area contributed by atoms with Crippen LogP contribution in [0.25, 0.3) is 0 Å². The van der Waals surface area contributed by atoms with E-state index in [9.17, 15) is 9.59 Å². The molecule has 0 aliphatic heterocycles. The van der Waals surface area contributed by atoms with Crippen molar-refractivity contribution in [3.8, 4) is 6.07 Å². The first-order chi connectivity index (χ1) is 11.6. The number of ketones is 1. The van der Waals surface area contributed by atoms with Gasteiger partial charge in [0.25, 0.3) is 0 Å². The number of rotatable bonds is 5. The van der Waals surface area contributed by atoms with Crippen LogP contribution in [-0.2, 0) is 4.79 Å². The van der Waals surface area contributed by atoms with Crippen LogP contribution in [0.3, 0.4) is 0 Å².